The zero-order valence-electron chi connectivity index (χ0n) is 12.0. The van der Waals surface area contributed by atoms with Crippen molar-refractivity contribution in [1.82, 2.24) is 0 Å². The maximum atomic E-state index is 5.92. The molecule has 0 spiro atoms. The van der Waals surface area contributed by atoms with Crippen LogP contribution in [-0.4, -0.2) is 27.0 Å². The summed E-state index contributed by atoms with van der Waals surface area (Å²) in [6.45, 7) is -2.01. The summed E-state index contributed by atoms with van der Waals surface area (Å²) in [6.07, 6.45) is 0. The number of hydrogen-bond acceptors (Lipinski definition) is 4. The molecule has 108 valence electrons. The van der Waals surface area contributed by atoms with Crippen LogP contribution in [0.1, 0.15) is 0 Å². The van der Waals surface area contributed by atoms with E-state index in [0.29, 0.717) is 6.02 Å². The molecule has 0 atom stereocenters. The van der Waals surface area contributed by atoms with E-state index in [4.69, 9.17) is 14.0 Å². The number of rotatable bonds is 3. The highest BCUT2D eigenvalue weighted by Crippen LogP contribution is 2.15. The average Bonchev–Trinajstić information content (AvgIpc) is 2.55. The molecule has 0 radical (unpaired) electrons. The molecule has 2 N–H and O–H groups in total. The van der Waals surface area contributed by atoms with Crippen molar-refractivity contribution >= 4 is 29.6 Å². The van der Waals surface area contributed by atoms with Crippen LogP contribution >= 0.6 is 0 Å². The molecular weight excluding hydrogens is 267 g/mol. The lowest BCUT2D eigenvalue weighted by Crippen LogP contribution is -2.80. The molecule has 0 fully saturated rings. The number of amidine groups is 1. The van der Waals surface area contributed by atoms with Crippen molar-refractivity contribution in [1.29, 1.82) is 0 Å². The first-order valence-corrected chi connectivity index (χ1v) is 6.75. The molecule has 21 heavy (non-hydrogen) atoms. The fourth-order valence-corrected chi connectivity index (χ4v) is 2.45. The van der Waals surface area contributed by atoms with Gasteiger partial charge in [0.2, 0.25) is 0 Å². The largest absolute Gasteiger partial charge is 0.604 e. The van der Waals surface area contributed by atoms with Crippen molar-refractivity contribution in [2.24, 2.45) is 0 Å². The molecule has 5 nitrogen and oxygen atoms in total. The molecule has 2 aromatic rings. The van der Waals surface area contributed by atoms with Crippen molar-refractivity contribution in [3.8, 4) is 0 Å². The van der Waals surface area contributed by atoms with Crippen LogP contribution < -0.4 is 15.8 Å². The van der Waals surface area contributed by atoms with E-state index in [1.165, 1.54) is 0 Å². The molecule has 0 unspecified atom stereocenters. The van der Waals surface area contributed by atoms with Gasteiger partial charge in [-0.25, -0.2) is 10.3 Å². The number of benzene rings is 2. The molecule has 6 heteroatoms. The highest BCUT2D eigenvalue weighted by molar-refractivity contribution is 6.78. The summed E-state index contributed by atoms with van der Waals surface area (Å²) in [4.78, 5) is 3.21. The van der Waals surface area contributed by atoms with Gasteiger partial charge in [0.05, 0.1) is 0 Å². The number of hydrogen-bond donors (Lipinski definition) is 2. The molecule has 0 amide bonds. The maximum Gasteiger partial charge on any atom is 0.474 e. The van der Waals surface area contributed by atoms with Crippen LogP contribution in [0.2, 0.25) is 0 Å². The number of nitrogens with one attached hydrogen (secondary N) is 2. The van der Waals surface area contributed by atoms with Gasteiger partial charge in [-0.3, -0.25) is 0 Å². The SMILES string of the molecule is CO[B-]1(OC)OC(Nc2ccccc2)=[NH+]c2ccccc21. The molecule has 3 rings (SSSR count). The van der Waals surface area contributed by atoms with Crippen molar-refractivity contribution in [2.45, 2.75) is 0 Å². The molecule has 1 aliphatic heterocycles. The van der Waals surface area contributed by atoms with Crippen molar-refractivity contribution < 1.29 is 19.0 Å². The number of anilines is 1. The van der Waals surface area contributed by atoms with E-state index in [2.05, 4.69) is 10.3 Å². The van der Waals surface area contributed by atoms with Gasteiger partial charge in [-0.05, 0) is 32.4 Å². The monoisotopic (exact) mass is 284 g/mol. The van der Waals surface area contributed by atoms with E-state index in [-0.39, 0.29) is 0 Å². The molecule has 0 aliphatic carbocycles. The third kappa shape index (κ3) is 2.51. The summed E-state index contributed by atoms with van der Waals surface area (Å²) < 4.78 is 17.0. The fraction of sp³-hybridized carbons (Fsp3) is 0.133. The third-order valence-electron chi connectivity index (χ3n) is 3.52. The van der Waals surface area contributed by atoms with E-state index in [1.54, 1.807) is 14.2 Å². The van der Waals surface area contributed by atoms with Crippen LogP contribution in [0, 0.1) is 0 Å². The Morgan fingerprint density at radius 1 is 0.952 bits per heavy atom. The first-order valence-electron chi connectivity index (χ1n) is 6.75. The second kappa shape index (κ2) is 5.59. The van der Waals surface area contributed by atoms with Crippen LogP contribution in [-0.2, 0) is 14.0 Å². The quantitative estimate of drug-likeness (QED) is 0.798. The van der Waals surface area contributed by atoms with Crippen molar-refractivity contribution in [2.75, 3.05) is 19.5 Å². The molecular formula is C15H17BN2O3. The second-order valence-corrected chi connectivity index (χ2v) is 4.76. The Morgan fingerprint density at radius 3 is 2.33 bits per heavy atom. The first kappa shape index (κ1) is 13.7. The van der Waals surface area contributed by atoms with Gasteiger partial charge in [0.1, 0.15) is 11.4 Å². The Kier molecular flexibility index (Phi) is 3.64. The molecule has 0 aromatic heterocycles. The van der Waals surface area contributed by atoms with Gasteiger partial charge in [-0.1, -0.05) is 41.9 Å². The standard InChI is InChI=1S/C15H16BN2O3/c1-19-16(20-2)13-10-6-7-11-14(13)18-15(21-16)17-12-8-4-3-5-9-12/h3-11H,1-2H3,(H,17,18)/q-1/p+1. The fourth-order valence-electron chi connectivity index (χ4n) is 2.45. The second-order valence-electron chi connectivity index (χ2n) is 4.76. The predicted octanol–water partition coefficient (Wildman–Crippen LogP) is 0.336. The van der Waals surface area contributed by atoms with Gasteiger partial charge in [0.25, 0.3) is 0 Å². The van der Waals surface area contributed by atoms with E-state index in [9.17, 15) is 0 Å². The Balaban J connectivity index is 1.99. The van der Waals surface area contributed by atoms with Gasteiger partial charge >= 0.3 is 12.8 Å². The van der Waals surface area contributed by atoms with Crippen LogP contribution in [0.15, 0.2) is 54.6 Å². The minimum absolute atomic E-state index is 0.476. The first-order chi connectivity index (χ1) is 10.3. The summed E-state index contributed by atoms with van der Waals surface area (Å²) >= 11 is 0. The van der Waals surface area contributed by atoms with Gasteiger partial charge in [-0.15, -0.1) is 0 Å². The zero-order chi connectivity index (χ0) is 14.7. The molecule has 0 saturated carbocycles. The zero-order valence-corrected chi connectivity index (χ0v) is 12.0. The minimum atomic E-state index is -2.01. The average molecular weight is 284 g/mol. The topological polar surface area (TPSA) is 53.7 Å². The van der Waals surface area contributed by atoms with E-state index in [1.807, 2.05) is 54.6 Å². The Bertz CT molecular complexity index is 657. The van der Waals surface area contributed by atoms with E-state index in [0.717, 1.165) is 16.8 Å². The molecule has 2 aromatic carbocycles. The normalized spacial score (nSPS) is 15.6. The minimum Gasteiger partial charge on any atom is -0.604 e. The van der Waals surface area contributed by atoms with Gasteiger partial charge in [0.15, 0.2) is 0 Å². The van der Waals surface area contributed by atoms with Gasteiger partial charge in [-0.2, -0.15) is 0 Å². The summed E-state index contributed by atoms with van der Waals surface area (Å²) in [5.74, 6) is 0. The molecule has 0 saturated heterocycles. The van der Waals surface area contributed by atoms with Crippen LogP contribution in [0.4, 0.5) is 11.4 Å². The smallest absolute Gasteiger partial charge is 0.474 e. The summed E-state index contributed by atoms with van der Waals surface area (Å²) in [5.41, 5.74) is 2.66. The van der Waals surface area contributed by atoms with Crippen LogP contribution in [0.3, 0.4) is 0 Å². The number of para-hydroxylation sites is 2. The Morgan fingerprint density at radius 2 is 1.62 bits per heavy atom. The Hall–Kier alpha value is -2.31. The molecule has 1 heterocycles. The van der Waals surface area contributed by atoms with Crippen molar-refractivity contribution in [3.63, 3.8) is 0 Å². The summed E-state index contributed by atoms with van der Waals surface area (Å²) in [7, 11) is 3.15. The van der Waals surface area contributed by atoms with Crippen molar-refractivity contribution in [3.05, 3.63) is 54.6 Å². The maximum absolute atomic E-state index is 5.92. The Labute approximate surface area is 123 Å². The third-order valence-corrected chi connectivity index (χ3v) is 3.52. The van der Waals surface area contributed by atoms with E-state index < -0.39 is 6.75 Å². The molecule has 1 aliphatic rings. The lowest BCUT2D eigenvalue weighted by atomic mass is 9.67. The lowest BCUT2D eigenvalue weighted by molar-refractivity contribution is -0.366. The summed E-state index contributed by atoms with van der Waals surface area (Å²) in [5, 5.41) is 3.18. The number of fused-ring (bicyclic) bond motifs is 1. The highest BCUT2D eigenvalue weighted by atomic mass is 16.8. The summed E-state index contributed by atoms with van der Waals surface area (Å²) in [6, 6.07) is 18.0. The van der Waals surface area contributed by atoms with E-state index >= 15 is 0 Å². The lowest BCUT2D eigenvalue weighted by Gasteiger charge is -2.40. The van der Waals surface area contributed by atoms with Crippen LogP contribution in [0.5, 0.6) is 0 Å². The predicted molar refractivity (Wildman–Crippen MR) is 82.6 cm³/mol. The van der Waals surface area contributed by atoms with Gasteiger partial charge < -0.3 is 14.0 Å². The molecule has 0 bridgehead atoms. The van der Waals surface area contributed by atoms with Gasteiger partial charge in [0, 0.05) is 0 Å². The highest BCUT2D eigenvalue weighted by Gasteiger charge is 2.40. The van der Waals surface area contributed by atoms with Crippen LogP contribution in [0.25, 0.3) is 0 Å².